The van der Waals surface area contributed by atoms with E-state index in [1.165, 1.54) is 18.0 Å². The lowest BCUT2D eigenvalue weighted by molar-refractivity contribution is -0.605. The summed E-state index contributed by atoms with van der Waals surface area (Å²) in [6, 6.07) is 13.5. The van der Waals surface area contributed by atoms with Gasteiger partial charge >= 0.3 is 0 Å². The van der Waals surface area contributed by atoms with Gasteiger partial charge in [-0.15, -0.1) is 0 Å². The minimum absolute atomic E-state index is 0.0825. The molecule has 20 heavy (non-hydrogen) atoms. The third-order valence-corrected chi connectivity index (χ3v) is 3.86. The molecule has 0 radical (unpaired) electrons. The molecule has 1 aliphatic rings. The fourth-order valence-electron chi connectivity index (χ4n) is 2.45. The van der Waals surface area contributed by atoms with Crippen molar-refractivity contribution >= 4 is 5.91 Å². The Hall–Kier alpha value is -2.36. The number of carbonyl (C=O) groups is 1. The first kappa shape index (κ1) is 12.7. The molecule has 0 atom stereocenters. The van der Waals surface area contributed by atoms with Crippen LogP contribution in [0.3, 0.4) is 0 Å². The second-order valence-electron chi connectivity index (χ2n) is 5.28. The number of aromatic nitrogens is 1. The maximum Gasteiger partial charge on any atom is 0.257 e. The second-order valence-corrected chi connectivity index (χ2v) is 5.28. The van der Waals surface area contributed by atoms with Gasteiger partial charge in [0.25, 0.3) is 5.91 Å². The Morgan fingerprint density at radius 2 is 1.95 bits per heavy atom. The average molecular weight is 268 g/mol. The highest BCUT2D eigenvalue weighted by molar-refractivity contribution is 5.93. The molecule has 1 fully saturated rings. The highest BCUT2D eigenvalue weighted by Crippen LogP contribution is 2.47. The Morgan fingerprint density at radius 3 is 2.60 bits per heavy atom. The molecule has 2 aromatic rings. The highest BCUT2D eigenvalue weighted by atomic mass is 16.5. The highest BCUT2D eigenvalue weighted by Gasteiger charge is 2.44. The zero-order valence-electron chi connectivity index (χ0n) is 11.1. The van der Waals surface area contributed by atoms with Gasteiger partial charge in [-0.1, -0.05) is 30.3 Å². The third-order valence-electron chi connectivity index (χ3n) is 3.86. The quantitative estimate of drug-likeness (QED) is 0.679. The lowest BCUT2D eigenvalue weighted by Crippen LogP contribution is -2.34. The maximum absolute atomic E-state index is 12.0. The molecule has 1 aromatic carbocycles. The normalized spacial score (nSPS) is 15.6. The van der Waals surface area contributed by atoms with Crippen molar-refractivity contribution < 1.29 is 9.52 Å². The molecule has 3 rings (SSSR count). The van der Waals surface area contributed by atoms with E-state index in [0.717, 1.165) is 12.8 Å². The lowest BCUT2D eigenvalue weighted by Gasteiger charge is -2.16. The maximum atomic E-state index is 12.0. The Labute approximate surface area is 117 Å². The van der Waals surface area contributed by atoms with Crippen LogP contribution in [0.4, 0.5) is 0 Å². The van der Waals surface area contributed by atoms with Crippen molar-refractivity contribution in [1.82, 2.24) is 5.32 Å². The zero-order chi connectivity index (χ0) is 14.0. The van der Waals surface area contributed by atoms with Crippen molar-refractivity contribution in [3.8, 4) is 0 Å². The van der Waals surface area contributed by atoms with Gasteiger partial charge in [-0.05, 0) is 24.5 Å². The standard InChI is InChI=1S/C16H16N2O2/c19-15(13-5-4-10-18(20)11-13)17-12-16(8-9-16)14-6-2-1-3-7-14/h1-7,10-11H,8-9,12H2,(H,17,19). The molecule has 1 aliphatic carbocycles. The van der Waals surface area contributed by atoms with E-state index in [2.05, 4.69) is 17.4 Å². The van der Waals surface area contributed by atoms with Crippen molar-refractivity contribution in [2.45, 2.75) is 18.3 Å². The summed E-state index contributed by atoms with van der Waals surface area (Å²) in [6.45, 7) is 0.615. The van der Waals surface area contributed by atoms with Crippen LogP contribution in [0.2, 0.25) is 0 Å². The molecule has 1 heterocycles. The summed E-state index contributed by atoms with van der Waals surface area (Å²) < 4.78 is 0.638. The van der Waals surface area contributed by atoms with E-state index in [9.17, 15) is 10.0 Å². The van der Waals surface area contributed by atoms with Gasteiger partial charge in [0.05, 0.1) is 0 Å². The van der Waals surface area contributed by atoms with Gasteiger partial charge in [-0.3, -0.25) is 4.79 Å². The summed E-state index contributed by atoms with van der Waals surface area (Å²) in [7, 11) is 0. The van der Waals surface area contributed by atoms with Gasteiger partial charge < -0.3 is 10.5 Å². The van der Waals surface area contributed by atoms with E-state index < -0.39 is 0 Å². The minimum Gasteiger partial charge on any atom is -0.619 e. The van der Waals surface area contributed by atoms with E-state index in [1.54, 1.807) is 12.1 Å². The summed E-state index contributed by atoms with van der Waals surface area (Å²) >= 11 is 0. The van der Waals surface area contributed by atoms with Crippen LogP contribution in [0.15, 0.2) is 54.9 Å². The van der Waals surface area contributed by atoms with Crippen molar-refractivity contribution in [1.29, 1.82) is 0 Å². The Balaban J connectivity index is 1.67. The van der Waals surface area contributed by atoms with Crippen LogP contribution >= 0.6 is 0 Å². The SMILES string of the molecule is O=C(NCC1(c2ccccc2)CC1)c1ccc[n+]([O-])c1. The molecule has 1 amide bonds. The molecule has 0 spiro atoms. The lowest BCUT2D eigenvalue weighted by atomic mass is 9.96. The first-order chi connectivity index (χ1) is 9.70. The number of benzene rings is 1. The summed E-state index contributed by atoms with van der Waals surface area (Å²) in [5.74, 6) is -0.197. The molecule has 4 nitrogen and oxygen atoms in total. The van der Waals surface area contributed by atoms with Gasteiger partial charge in [-0.2, -0.15) is 4.73 Å². The van der Waals surface area contributed by atoms with Gasteiger partial charge in [0.15, 0.2) is 12.4 Å². The van der Waals surface area contributed by atoms with Crippen LogP contribution in [-0.4, -0.2) is 12.5 Å². The predicted octanol–water partition coefficient (Wildman–Crippen LogP) is 1.78. The van der Waals surface area contributed by atoms with Crippen LogP contribution < -0.4 is 10.0 Å². The van der Waals surface area contributed by atoms with E-state index in [4.69, 9.17) is 0 Å². The molecule has 4 heteroatoms. The van der Waals surface area contributed by atoms with E-state index in [-0.39, 0.29) is 11.3 Å². The molecule has 102 valence electrons. The monoisotopic (exact) mass is 268 g/mol. The Bertz CT molecular complexity index is 621. The topological polar surface area (TPSA) is 56.0 Å². The molecule has 0 unspecified atom stereocenters. The number of nitrogens with zero attached hydrogens (tertiary/aromatic N) is 1. The molecular weight excluding hydrogens is 252 g/mol. The van der Waals surface area contributed by atoms with E-state index in [1.807, 2.05) is 18.2 Å². The molecule has 1 aromatic heterocycles. The summed E-state index contributed by atoms with van der Waals surface area (Å²) in [5, 5.41) is 14.1. The Morgan fingerprint density at radius 1 is 1.20 bits per heavy atom. The van der Waals surface area contributed by atoms with Crippen molar-refractivity contribution in [3.63, 3.8) is 0 Å². The number of amides is 1. The van der Waals surface area contributed by atoms with E-state index >= 15 is 0 Å². The summed E-state index contributed by atoms with van der Waals surface area (Å²) in [4.78, 5) is 12.0. The smallest absolute Gasteiger partial charge is 0.257 e. The van der Waals surface area contributed by atoms with Gasteiger partial charge in [-0.25, -0.2) is 0 Å². The van der Waals surface area contributed by atoms with Crippen molar-refractivity contribution in [2.24, 2.45) is 0 Å². The molecule has 1 N–H and O–H groups in total. The molecule has 0 aliphatic heterocycles. The predicted molar refractivity (Wildman–Crippen MR) is 75.1 cm³/mol. The van der Waals surface area contributed by atoms with Crippen LogP contribution in [0.5, 0.6) is 0 Å². The minimum atomic E-state index is -0.197. The Kier molecular flexibility index (Phi) is 3.14. The number of rotatable bonds is 4. The van der Waals surface area contributed by atoms with Crippen LogP contribution in [0, 0.1) is 5.21 Å². The molecule has 0 saturated heterocycles. The first-order valence-corrected chi connectivity index (χ1v) is 6.72. The van der Waals surface area contributed by atoms with Gasteiger partial charge in [0, 0.05) is 18.0 Å². The fraction of sp³-hybridized carbons (Fsp3) is 0.250. The van der Waals surface area contributed by atoms with Gasteiger partial charge in [0.1, 0.15) is 5.56 Å². The molecular formula is C16H16N2O2. The zero-order valence-corrected chi connectivity index (χ0v) is 11.1. The van der Waals surface area contributed by atoms with Crippen molar-refractivity contribution in [3.05, 3.63) is 71.2 Å². The largest absolute Gasteiger partial charge is 0.619 e. The number of pyridine rings is 1. The third kappa shape index (κ3) is 2.50. The fourth-order valence-corrected chi connectivity index (χ4v) is 2.45. The molecule has 1 saturated carbocycles. The average Bonchev–Trinajstić information content (AvgIpc) is 3.27. The second kappa shape index (κ2) is 4.96. The first-order valence-electron chi connectivity index (χ1n) is 6.72. The number of nitrogens with one attached hydrogen (secondary N) is 1. The van der Waals surface area contributed by atoms with Crippen molar-refractivity contribution in [2.75, 3.05) is 6.54 Å². The van der Waals surface area contributed by atoms with Gasteiger partial charge in [0.2, 0.25) is 0 Å². The van der Waals surface area contributed by atoms with Crippen LogP contribution in [0.25, 0.3) is 0 Å². The number of carbonyl (C=O) groups excluding carboxylic acids is 1. The number of hydrogen-bond donors (Lipinski definition) is 1. The molecule has 0 bridgehead atoms. The summed E-state index contributed by atoms with van der Waals surface area (Å²) in [6.07, 6.45) is 4.84. The van der Waals surface area contributed by atoms with Crippen LogP contribution in [-0.2, 0) is 5.41 Å². The summed E-state index contributed by atoms with van der Waals surface area (Å²) in [5.41, 5.74) is 1.75. The number of hydrogen-bond acceptors (Lipinski definition) is 2. The van der Waals surface area contributed by atoms with Crippen LogP contribution in [0.1, 0.15) is 28.8 Å². The van der Waals surface area contributed by atoms with E-state index in [0.29, 0.717) is 16.8 Å².